The summed E-state index contributed by atoms with van der Waals surface area (Å²) in [6.45, 7) is 6.49. The van der Waals surface area contributed by atoms with Crippen LogP contribution in [-0.2, 0) is 4.74 Å². The Hall–Kier alpha value is -3.98. The van der Waals surface area contributed by atoms with Crippen LogP contribution in [0.4, 0.5) is 5.82 Å². The molecule has 1 saturated heterocycles. The maximum absolute atomic E-state index is 12.0. The van der Waals surface area contributed by atoms with Crippen molar-refractivity contribution < 1.29 is 14.3 Å². The van der Waals surface area contributed by atoms with Crippen LogP contribution in [0.5, 0.6) is 5.75 Å². The van der Waals surface area contributed by atoms with Gasteiger partial charge in [-0.25, -0.2) is 9.97 Å². The zero-order valence-corrected chi connectivity index (χ0v) is 21.6. The first-order valence-electron chi connectivity index (χ1n) is 12.5. The van der Waals surface area contributed by atoms with Crippen LogP contribution in [0.1, 0.15) is 41.7 Å². The fourth-order valence-electron chi connectivity index (χ4n) is 4.60. The predicted molar refractivity (Wildman–Crippen MR) is 143 cm³/mol. The minimum atomic E-state index is -0.132. The van der Waals surface area contributed by atoms with Gasteiger partial charge in [0.2, 0.25) is 0 Å². The Kier molecular flexibility index (Phi) is 7.05. The van der Waals surface area contributed by atoms with E-state index >= 15 is 0 Å². The molecular formula is C28H32N6O3. The lowest BCUT2D eigenvalue weighted by Crippen LogP contribution is -2.31. The maximum Gasteiger partial charge on any atom is 0.251 e. The molecule has 1 fully saturated rings. The zero-order valence-electron chi connectivity index (χ0n) is 21.6. The summed E-state index contributed by atoms with van der Waals surface area (Å²) in [5.41, 5.74) is 4.62. The number of nitrogens with zero attached hydrogens (tertiary/aromatic N) is 4. The maximum atomic E-state index is 12.0. The van der Waals surface area contributed by atoms with Gasteiger partial charge < -0.3 is 20.1 Å². The summed E-state index contributed by atoms with van der Waals surface area (Å²) < 4.78 is 13.0. The minimum Gasteiger partial charge on any atom is -0.496 e. The van der Waals surface area contributed by atoms with Gasteiger partial charge in [0.1, 0.15) is 17.9 Å². The van der Waals surface area contributed by atoms with E-state index in [1.165, 1.54) is 0 Å². The van der Waals surface area contributed by atoms with E-state index < -0.39 is 0 Å². The Morgan fingerprint density at radius 3 is 2.73 bits per heavy atom. The molecule has 1 amide bonds. The van der Waals surface area contributed by atoms with Gasteiger partial charge in [-0.2, -0.15) is 5.10 Å². The van der Waals surface area contributed by atoms with Gasteiger partial charge in [-0.1, -0.05) is 26.0 Å². The van der Waals surface area contributed by atoms with Crippen molar-refractivity contribution in [3.8, 4) is 17.0 Å². The number of hydrogen-bond donors (Lipinski definition) is 2. The first kappa shape index (κ1) is 24.7. The summed E-state index contributed by atoms with van der Waals surface area (Å²) in [5.74, 6) is 1.83. The van der Waals surface area contributed by atoms with Gasteiger partial charge in [0.15, 0.2) is 0 Å². The molecular weight excluding hydrogens is 468 g/mol. The molecule has 37 heavy (non-hydrogen) atoms. The Labute approximate surface area is 216 Å². The lowest BCUT2D eigenvalue weighted by molar-refractivity contribution is -0.0266. The number of aromatic nitrogens is 4. The second-order valence-corrected chi connectivity index (χ2v) is 9.53. The Balaban J connectivity index is 1.27. The highest BCUT2D eigenvalue weighted by Gasteiger charge is 2.23. The first-order chi connectivity index (χ1) is 18.0. The van der Waals surface area contributed by atoms with Gasteiger partial charge >= 0.3 is 0 Å². The molecule has 0 bridgehead atoms. The molecule has 1 aliphatic heterocycles. The molecule has 2 aromatic carbocycles. The number of rotatable bonds is 9. The smallest absolute Gasteiger partial charge is 0.251 e. The molecule has 9 heteroatoms. The van der Waals surface area contributed by atoms with E-state index in [1.807, 2.05) is 29.1 Å². The van der Waals surface area contributed by atoms with E-state index in [2.05, 4.69) is 57.7 Å². The Morgan fingerprint density at radius 2 is 2.00 bits per heavy atom. The van der Waals surface area contributed by atoms with Gasteiger partial charge in [0.05, 0.1) is 43.8 Å². The lowest BCUT2D eigenvalue weighted by atomic mass is 9.87. The van der Waals surface area contributed by atoms with Crippen molar-refractivity contribution in [2.75, 3.05) is 39.2 Å². The van der Waals surface area contributed by atoms with Gasteiger partial charge in [-0.15, -0.1) is 0 Å². The molecule has 2 aromatic heterocycles. The van der Waals surface area contributed by atoms with Gasteiger partial charge in [-0.05, 0) is 41.7 Å². The molecule has 0 aliphatic carbocycles. The highest BCUT2D eigenvalue weighted by atomic mass is 16.5. The van der Waals surface area contributed by atoms with E-state index in [4.69, 9.17) is 9.47 Å². The van der Waals surface area contributed by atoms with E-state index in [9.17, 15) is 4.79 Å². The number of amides is 1. The molecule has 2 N–H and O–H groups in total. The Bertz CT molecular complexity index is 1410. The van der Waals surface area contributed by atoms with E-state index in [-0.39, 0.29) is 17.7 Å². The van der Waals surface area contributed by atoms with Gasteiger partial charge in [0.25, 0.3) is 5.91 Å². The summed E-state index contributed by atoms with van der Waals surface area (Å²) in [7, 11) is 3.25. The summed E-state index contributed by atoms with van der Waals surface area (Å²) in [5, 5.41) is 11.8. The summed E-state index contributed by atoms with van der Waals surface area (Å²) in [6.07, 6.45) is 3.49. The van der Waals surface area contributed by atoms with Crippen molar-refractivity contribution in [3.63, 3.8) is 0 Å². The first-order valence-corrected chi connectivity index (χ1v) is 12.5. The second-order valence-electron chi connectivity index (χ2n) is 9.53. The molecule has 2 unspecified atom stereocenters. The molecule has 0 radical (unpaired) electrons. The quantitative estimate of drug-likeness (QED) is 0.353. The van der Waals surface area contributed by atoms with Gasteiger partial charge in [0, 0.05) is 36.2 Å². The van der Waals surface area contributed by atoms with Crippen molar-refractivity contribution in [3.05, 3.63) is 66.1 Å². The molecule has 3 heterocycles. The standard InChI is InChI=1S/C28H32N6O3/c1-17(18(2)23-7-5-20(28(35)29-3)10-26(23)36-4)12-30-27-11-24(31-16-32-27)19-6-8-25-21(9-19)13-33-34(25)22-14-37-15-22/h5-11,13,16-18,22H,12,14-15H2,1-4H3,(H,29,35)(H,30,31,32). The molecule has 0 spiro atoms. The number of fused-ring (bicyclic) bond motifs is 1. The number of anilines is 1. The van der Waals surface area contributed by atoms with Crippen molar-refractivity contribution in [2.45, 2.75) is 25.8 Å². The number of benzene rings is 2. The van der Waals surface area contributed by atoms with Crippen molar-refractivity contribution in [1.82, 2.24) is 25.1 Å². The molecule has 4 aromatic rings. The highest BCUT2D eigenvalue weighted by molar-refractivity contribution is 5.94. The van der Waals surface area contributed by atoms with Crippen LogP contribution >= 0.6 is 0 Å². The normalized spacial score (nSPS) is 15.1. The number of carbonyl (C=O) groups excluding carboxylic acids is 1. The second kappa shape index (κ2) is 10.6. The molecule has 2 atom stereocenters. The van der Waals surface area contributed by atoms with Crippen molar-refractivity contribution in [1.29, 1.82) is 0 Å². The number of hydrogen-bond acceptors (Lipinski definition) is 7. The van der Waals surface area contributed by atoms with Crippen LogP contribution in [0.2, 0.25) is 0 Å². The van der Waals surface area contributed by atoms with Crippen molar-refractivity contribution in [2.24, 2.45) is 5.92 Å². The zero-order chi connectivity index (χ0) is 25.9. The number of ether oxygens (including phenoxy) is 2. The molecule has 0 saturated carbocycles. The summed E-state index contributed by atoms with van der Waals surface area (Å²) in [4.78, 5) is 20.9. The SMILES string of the molecule is CNC(=O)c1ccc(C(C)C(C)CNc2cc(-c3ccc4c(cnn4C4COC4)c3)ncn2)c(OC)c1. The monoisotopic (exact) mass is 500 g/mol. The fourth-order valence-corrected chi connectivity index (χ4v) is 4.60. The number of nitrogens with one attached hydrogen (secondary N) is 2. The minimum absolute atomic E-state index is 0.132. The van der Waals surface area contributed by atoms with Crippen LogP contribution < -0.4 is 15.4 Å². The van der Waals surface area contributed by atoms with Crippen LogP contribution in [0.15, 0.2) is 55.0 Å². The molecule has 1 aliphatic rings. The third kappa shape index (κ3) is 4.99. The Morgan fingerprint density at radius 1 is 1.16 bits per heavy atom. The third-order valence-corrected chi connectivity index (χ3v) is 7.20. The van der Waals surface area contributed by atoms with Crippen LogP contribution in [0.25, 0.3) is 22.2 Å². The van der Waals surface area contributed by atoms with Crippen LogP contribution in [0.3, 0.4) is 0 Å². The molecule has 5 rings (SSSR count). The van der Waals surface area contributed by atoms with E-state index in [0.717, 1.165) is 33.5 Å². The van der Waals surface area contributed by atoms with Crippen LogP contribution in [0, 0.1) is 5.92 Å². The molecule has 9 nitrogen and oxygen atoms in total. The number of methoxy groups -OCH3 is 1. The average Bonchev–Trinajstić information content (AvgIpc) is 3.32. The van der Waals surface area contributed by atoms with E-state index in [1.54, 1.807) is 26.6 Å². The van der Waals surface area contributed by atoms with Crippen LogP contribution in [-0.4, -0.2) is 59.6 Å². The highest BCUT2D eigenvalue weighted by Crippen LogP contribution is 2.33. The molecule has 192 valence electrons. The lowest BCUT2D eigenvalue weighted by Gasteiger charge is -2.26. The summed E-state index contributed by atoms with van der Waals surface area (Å²) in [6, 6.07) is 14.2. The third-order valence-electron chi connectivity index (χ3n) is 7.20. The van der Waals surface area contributed by atoms with Gasteiger partial charge in [-0.3, -0.25) is 9.48 Å². The predicted octanol–water partition coefficient (Wildman–Crippen LogP) is 4.28. The number of carbonyl (C=O) groups is 1. The fraction of sp³-hybridized carbons (Fsp3) is 0.357. The summed E-state index contributed by atoms with van der Waals surface area (Å²) >= 11 is 0. The average molecular weight is 501 g/mol. The van der Waals surface area contributed by atoms with E-state index in [0.29, 0.717) is 37.1 Å². The topological polar surface area (TPSA) is 103 Å². The van der Waals surface area contributed by atoms with Crippen molar-refractivity contribution >= 4 is 22.6 Å². The largest absolute Gasteiger partial charge is 0.496 e.